The SMILES string of the molecule is COc1cccc(N=Nc2c(C)[nH]n(-c3nc(-c4c(O)cc(C)oc4=O)cs3)c2=O)c1. The van der Waals surface area contributed by atoms with Gasteiger partial charge in [-0.15, -0.1) is 16.5 Å². The lowest BCUT2D eigenvalue weighted by Gasteiger charge is -2.00. The van der Waals surface area contributed by atoms with E-state index in [1.807, 2.05) is 0 Å². The number of rotatable bonds is 5. The van der Waals surface area contributed by atoms with E-state index in [2.05, 4.69) is 20.3 Å². The largest absolute Gasteiger partial charge is 0.507 e. The lowest BCUT2D eigenvalue weighted by molar-refractivity contribution is 0.415. The number of H-pyrrole nitrogens is 1. The van der Waals surface area contributed by atoms with E-state index in [0.717, 1.165) is 11.3 Å². The van der Waals surface area contributed by atoms with E-state index in [-0.39, 0.29) is 33.6 Å². The van der Waals surface area contributed by atoms with Crippen LogP contribution in [0.2, 0.25) is 0 Å². The zero-order chi connectivity index (χ0) is 22.1. The van der Waals surface area contributed by atoms with Crippen LogP contribution in [0, 0.1) is 13.8 Å². The fourth-order valence-electron chi connectivity index (χ4n) is 2.88. The summed E-state index contributed by atoms with van der Waals surface area (Å²) in [6.07, 6.45) is 0. The van der Waals surface area contributed by atoms with Crippen LogP contribution in [-0.2, 0) is 0 Å². The second kappa shape index (κ2) is 8.03. The Morgan fingerprint density at radius 3 is 2.77 bits per heavy atom. The molecule has 0 amide bonds. The molecule has 4 rings (SSSR count). The van der Waals surface area contributed by atoms with Gasteiger partial charge in [0.25, 0.3) is 0 Å². The highest BCUT2D eigenvalue weighted by atomic mass is 32.1. The third-order valence-electron chi connectivity index (χ3n) is 4.35. The maximum Gasteiger partial charge on any atom is 0.349 e. The molecule has 0 saturated heterocycles. The van der Waals surface area contributed by atoms with E-state index in [1.165, 1.54) is 10.7 Å². The number of benzene rings is 1. The third kappa shape index (κ3) is 3.90. The highest BCUT2D eigenvalue weighted by molar-refractivity contribution is 7.12. The van der Waals surface area contributed by atoms with Crippen molar-refractivity contribution in [1.82, 2.24) is 14.8 Å². The van der Waals surface area contributed by atoms with E-state index in [0.29, 0.717) is 17.1 Å². The summed E-state index contributed by atoms with van der Waals surface area (Å²) in [5, 5.41) is 23.0. The number of aromatic amines is 1. The molecule has 0 atom stereocenters. The minimum Gasteiger partial charge on any atom is -0.507 e. The first-order valence-electron chi connectivity index (χ1n) is 9.04. The normalized spacial score (nSPS) is 11.3. The molecule has 0 radical (unpaired) electrons. The van der Waals surface area contributed by atoms with Crippen LogP contribution < -0.4 is 15.9 Å². The highest BCUT2D eigenvalue weighted by Crippen LogP contribution is 2.29. The minimum absolute atomic E-state index is 0.0673. The standard InChI is InChI=1S/C20H17N5O5S/c1-10-7-15(26)16(19(28)30-10)14-9-31-20(21-14)25-18(27)17(11(2)24-25)23-22-12-5-4-6-13(8-12)29-3/h4-9,24,26H,1-3H3. The summed E-state index contributed by atoms with van der Waals surface area (Å²) < 4.78 is 11.4. The van der Waals surface area contributed by atoms with Gasteiger partial charge in [-0.2, -0.15) is 9.80 Å². The molecule has 4 aromatic rings. The maximum atomic E-state index is 12.8. The van der Waals surface area contributed by atoms with E-state index >= 15 is 0 Å². The van der Waals surface area contributed by atoms with Gasteiger partial charge >= 0.3 is 11.2 Å². The number of aromatic nitrogens is 3. The van der Waals surface area contributed by atoms with E-state index in [9.17, 15) is 14.7 Å². The van der Waals surface area contributed by atoms with Gasteiger partial charge in [-0.1, -0.05) is 6.07 Å². The van der Waals surface area contributed by atoms with Crippen molar-refractivity contribution in [3.05, 3.63) is 67.9 Å². The molecule has 158 valence electrons. The average Bonchev–Trinajstić information content (AvgIpc) is 3.30. The number of azo groups is 1. The molecule has 0 unspecified atom stereocenters. The summed E-state index contributed by atoms with van der Waals surface area (Å²) >= 11 is 1.11. The first kappa shape index (κ1) is 20.3. The van der Waals surface area contributed by atoms with Crippen LogP contribution >= 0.6 is 11.3 Å². The zero-order valence-electron chi connectivity index (χ0n) is 16.7. The summed E-state index contributed by atoms with van der Waals surface area (Å²) in [5.41, 5.74) is 0.113. The molecule has 2 N–H and O–H groups in total. The van der Waals surface area contributed by atoms with Gasteiger partial charge in [-0.25, -0.2) is 9.78 Å². The lowest BCUT2D eigenvalue weighted by atomic mass is 10.2. The van der Waals surface area contributed by atoms with Gasteiger partial charge < -0.3 is 14.3 Å². The molecule has 0 bridgehead atoms. The molecule has 3 aromatic heterocycles. The van der Waals surface area contributed by atoms with Crippen LogP contribution in [0.15, 0.2) is 59.9 Å². The molecular formula is C20H17N5O5S. The number of nitrogens with zero attached hydrogens (tertiary/aromatic N) is 4. The average molecular weight is 439 g/mol. The van der Waals surface area contributed by atoms with Crippen molar-refractivity contribution in [1.29, 1.82) is 0 Å². The summed E-state index contributed by atoms with van der Waals surface area (Å²) in [7, 11) is 1.55. The Morgan fingerprint density at radius 1 is 1.23 bits per heavy atom. The molecule has 31 heavy (non-hydrogen) atoms. The van der Waals surface area contributed by atoms with Crippen LogP contribution in [0.25, 0.3) is 16.4 Å². The Bertz CT molecular complexity index is 1410. The van der Waals surface area contributed by atoms with Gasteiger partial charge in [-0.05, 0) is 26.0 Å². The topological polar surface area (TPSA) is 135 Å². The Morgan fingerprint density at radius 2 is 2.03 bits per heavy atom. The molecule has 3 heterocycles. The third-order valence-corrected chi connectivity index (χ3v) is 5.18. The predicted octanol–water partition coefficient (Wildman–Crippen LogP) is 3.99. The Labute approximate surface area is 179 Å². The smallest absolute Gasteiger partial charge is 0.349 e. The molecule has 0 aliphatic heterocycles. The van der Waals surface area contributed by atoms with Gasteiger partial charge in [0.2, 0.25) is 5.13 Å². The number of thiazole rings is 1. The summed E-state index contributed by atoms with van der Waals surface area (Å²) in [6, 6.07) is 8.30. The van der Waals surface area contributed by atoms with Crippen molar-refractivity contribution < 1.29 is 14.3 Å². The Kier molecular flexibility index (Phi) is 5.26. The monoisotopic (exact) mass is 439 g/mol. The zero-order valence-corrected chi connectivity index (χ0v) is 17.6. The van der Waals surface area contributed by atoms with Gasteiger partial charge in [0.05, 0.1) is 24.2 Å². The molecule has 0 aliphatic carbocycles. The number of hydrogen-bond donors (Lipinski definition) is 2. The number of aryl methyl sites for hydroxylation is 2. The fraction of sp³-hybridized carbons (Fsp3) is 0.150. The van der Waals surface area contributed by atoms with Gasteiger partial charge in [0.15, 0.2) is 5.69 Å². The molecule has 11 heteroatoms. The second-order valence-electron chi connectivity index (χ2n) is 6.55. The molecule has 0 aliphatic rings. The van der Waals surface area contributed by atoms with Crippen molar-refractivity contribution in [3.63, 3.8) is 0 Å². The van der Waals surface area contributed by atoms with Crippen molar-refractivity contribution in [2.45, 2.75) is 13.8 Å². The van der Waals surface area contributed by atoms with Crippen molar-refractivity contribution in [2.24, 2.45) is 10.2 Å². The Balaban J connectivity index is 1.69. The fourth-order valence-corrected chi connectivity index (χ4v) is 3.66. The van der Waals surface area contributed by atoms with Crippen LogP contribution in [0.1, 0.15) is 11.5 Å². The Hall–Kier alpha value is -3.99. The number of nitrogens with one attached hydrogen (secondary N) is 1. The van der Waals surface area contributed by atoms with Crippen LogP contribution in [0.5, 0.6) is 11.5 Å². The summed E-state index contributed by atoms with van der Waals surface area (Å²) in [5.74, 6) is 0.663. The second-order valence-corrected chi connectivity index (χ2v) is 7.38. The van der Waals surface area contributed by atoms with Gasteiger partial charge in [0.1, 0.15) is 22.8 Å². The lowest BCUT2D eigenvalue weighted by Crippen LogP contribution is -2.14. The molecule has 0 spiro atoms. The van der Waals surface area contributed by atoms with E-state index in [4.69, 9.17) is 9.15 Å². The van der Waals surface area contributed by atoms with Crippen molar-refractivity contribution in [3.8, 4) is 27.9 Å². The van der Waals surface area contributed by atoms with E-state index in [1.54, 1.807) is 50.6 Å². The van der Waals surface area contributed by atoms with Crippen LogP contribution in [0.3, 0.4) is 0 Å². The van der Waals surface area contributed by atoms with Gasteiger partial charge in [-0.3, -0.25) is 9.89 Å². The first-order chi connectivity index (χ1) is 14.9. The molecule has 0 fully saturated rings. The molecule has 0 saturated carbocycles. The first-order valence-corrected chi connectivity index (χ1v) is 9.92. The minimum atomic E-state index is -0.711. The van der Waals surface area contributed by atoms with Crippen LogP contribution in [0.4, 0.5) is 11.4 Å². The summed E-state index contributed by atoms with van der Waals surface area (Å²) in [6.45, 7) is 3.24. The highest BCUT2D eigenvalue weighted by Gasteiger charge is 2.19. The number of hydrogen-bond acceptors (Lipinski definition) is 9. The maximum absolute atomic E-state index is 12.8. The van der Waals surface area contributed by atoms with Crippen molar-refractivity contribution in [2.75, 3.05) is 7.11 Å². The van der Waals surface area contributed by atoms with Gasteiger partial charge in [0, 0.05) is 17.5 Å². The molecule has 1 aromatic carbocycles. The number of aromatic hydroxyl groups is 1. The summed E-state index contributed by atoms with van der Waals surface area (Å²) in [4.78, 5) is 29.3. The molecular weight excluding hydrogens is 422 g/mol. The number of ether oxygens (including phenoxy) is 1. The molecule has 10 nitrogen and oxygen atoms in total. The number of methoxy groups -OCH3 is 1. The predicted molar refractivity (Wildman–Crippen MR) is 114 cm³/mol. The van der Waals surface area contributed by atoms with Crippen molar-refractivity contribution >= 4 is 22.7 Å². The van der Waals surface area contributed by atoms with Crippen LogP contribution in [-0.4, -0.2) is 27.0 Å². The quantitative estimate of drug-likeness (QED) is 0.452. The van der Waals surface area contributed by atoms with E-state index < -0.39 is 11.2 Å².